The Balaban J connectivity index is 2.04. The second-order valence-corrected chi connectivity index (χ2v) is 9.88. The molecule has 0 saturated carbocycles. The molecule has 0 fully saturated rings. The summed E-state index contributed by atoms with van der Waals surface area (Å²) in [5.74, 6) is 0.861. The Labute approximate surface area is 169 Å². The second-order valence-electron chi connectivity index (χ2n) is 7.26. The summed E-state index contributed by atoms with van der Waals surface area (Å²) in [5, 5.41) is 5.77. The normalized spacial score (nSPS) is 19.9. The van der Waals surface area contributed by atoms with Gasteiger partial charge in [0, 0.05) is 30.8 Å². The number of rotatable bonds is 8. The number of aromatic nitrogens is 2. The number of thioether (sulfide) groups is 1. The zero-order valence-corrected chi connectivity index (χ0v) is 18.6. The minimum absolute atomic E-state index is 0.134. The van der Waals surface area contributed by atoms with Crippen molar-refractivity contribution in [3.63, 3.8) is 0 Å². The minimum atomic E-state index is -0.324. The topological polar surface area (TPSA) is 65.5 Å². The summed E-state index contributed by atoms with van der Waals surface area (Å²) < 4.78 is 16.8. The van der Waals surface area contributed by atoms with E-state index in [0.717, 1.165) is 34.0 Å². The molecule has 2 aromatic heterocycles. The van der Waals surface area contributed by atoms with Crippen molar-refractivity contribution in [2.45, 2.75) is 69.4 Å². The highest BCUT2D eigenvalue weighted by atomic mass is 32.2. The molecule has 6 nitrogen and oxygen atoms in total. The van der Waals surface area contributed by atoms with Crippen molar-refractivity contribution in [2.75, 3.05) is 26.1 Å². The van der Waals surface area contributed by atoms with Crippen LogP contribution in [0.3, 0.4) is 0 Å². The van der Waals surface area contributed by atoms with Crippen molar-refractivity contribution in [2.24, 2.45) is 0 Å². The minimum Gasteiger partial charge on any atom is -0.369 e. The van der Waals surface area contributed by atoms with Crippen LogP contribution in [0.15, 0.2) is 5.16 Å². The summed E-state index contributed by atoms with van der Waals surface area (Å²) in [6.07, 6.45) is 1.53. The maximum atomic E-state index is 6.13. The number of nitrogens with one attached hydrogen (secondary N) is 1. The van der Waals surface area contributed by atoms with E-state index < -0.39 is 0 Å². The third-order valence-electron chi connectivity index (χ3n) is 4.87. The molecule has 1 atom stereocenters. The van der Waals surface area contributed by atoms with Crippen LogP contribution in [0.25, 0.3) is 10.2 Å². The number of hydrogen-bond donors (Lipinski definition) is 1. The Bertz CT molecular complexity index is 792. The fourth-order valence-corrected chi connectivity index (χ4v) is 4.98. The summed E-state index contributed by atoms with van der Waals surface area (Å²) in [6.45, 7) is 9.83. The first-order valence-corrected chi connectivity index (χ1v) is 11.0. The molecular formula is C19H29N3O3S2. The molecule has 0 aromatic carbocycles. The summed E-state index contributed by atoms with van der Waals surface area (Å²) in [4.78, 5) is 11.9. The Morgan fingerprint density at radius 1 is 1.30 bits per heavy atom. The number of nitrogens with zero attached hydrogens (tertiary/aromatic N) is 2. The lowest BCUT2D eigenvalue weighted by Gasteiger charge is -2.33. The van der Waals surface area contributed by atoms with Crippen molar-refractivity contribution in [1.82, 2.24) is 9.97 Å². The molecule has 1 aliphatic heterocycles. The first-order chi connectivity index (χ1) is 12.9. The van der Waals surface area contributed by atoms with Crippen molar-refractivity contribution < 1.29 is 14.2 Å². The van der Waals surface area contributed by atoms with Crippen molar-refractivity contribution in [1.29, 1.82) is 0 Å². The molecule has 27 heavy (non-hydrogen) atoms. The van der Waals surface area contributed by atoms with E-state index in [9.17, 15) is 0 Å². The molecule has 150 valence electrons. The van der Waals surface area contributed by atoms with Gasteiger partial charge in [0.1, 0.15) is 10.6 Å². The van der Waals surface area contributed by atoms with Crippen molar-refractivity contribution in [3.8, 4) is 0 Å². The van der Waals surface area contributed by atoms with Crippen LogP contribution in [0.4, 0.5) is 5.82 Å². The maximum Gasteiger partial charge on any atom is 0.191 e. The van der Waals surface area contributed by atoms with Crippen LogP contribution in [0.1, 0.15) is 44.6 Å². The van der Waals surface area contributed by atoms with Gasteiger partial charge < -0.3 is 19.5 Å². The van der Waals surface area contributed by atoms with Crippen LogP contribution in [0.5, 0.6) is 0 Å². The summed E-state index contributed by atoms with van der Waals surface area (Å²) in [6, 6.07) is 0. The Morgan fingerprint density at radius 3 is 2.67 bits per heavy atom. The van der Waals surface area contributed by atoms with E-state index in [0.29, 0.717) is 18.4 Å². The average molecular weight is 412 g/mol. The molecule has 0 bridgehead atoms. The molecule has 0 spiro atoms. The number of thiophene rings is 1. The van der Waals surface area contributed by atoms with Gasteiger partial charge in [-0.3, -0.25) is 0 Å². The van der Waals surface area contributed by atoms with Gasteiger partial charge in [-0.05, 0) is 18.9 Å². The summed E-state index contributed by atoms with van der Waals surface area (Å²) >= 11 is 3.39. The van der Waals surface area contributed by atoms with Gasteiger partial charge in [0.05, 0.1) is 24.1 Å². The van der Waals surface area contributed by atoms with E-state index in [1.165, 1.54) is 10.4 Å². The first-order valence-electron chi connectivity index (χ1n) is 9.31. The monoisotopic (exact) mass is 411 g/mol. The number of fused-ring (bicyclic) bond motifs is 3. The van der Waals surface area contributed by atoms with E-state index in [1.807, 2.05) is 0 Å². The summed E-state index contributed by atoms with van der Waals surface area (Å²) in [5.41, 5.74) is 1.19. The molecule has 2 aromatic rings. The standard InChI is InChI=1S/C19H29N3O3S2/c1-7-19(4)8-12-13(10-25-19)27-17-15(12)16(20-9-14(23-5)24-6)21-18(22-17)26-11(2)3/h11,14H,7-10H2,1-6H3,(H,20,21,22)/t19-/m0/s1. The predicted octanol–water partition coefficient (Wildman–Crippen LogP) is 4.46. The van der Waals surface area contributed by atoms with Gasteiger partial charge in [0.15, 0.2) is 11.4 Å². The van der Waals surface area contributed by atoms with Crippen LogP contribution in [-0.4, -0.2) is 47.9 Å². The number of ether oxygens (including phenoxy) is 3. The van der Waals surface area contributed by atoms with Gasteiger partial charge in [0.25, 0.3) is 0 Å². The highest BCUT2D eigenvalue weighted by Gasteiger charge is 2.33. The molecule has 8 heteroatoms. The van der Waals surface area contributed by atoms with Crippen LogP contribution in [-0.2, 0) is 27.2 Å². The molecule has 0 saturated heterocycles. The highest BCUT2D eigenvalue weighted by Crippen LogP contribution is 2.42. The zero-order chi connectivity index (χ0) is 19.6. The van der Waals surface area contributed by atoms with Gasteiger partial charge in [-0.1, -0.05) is 32.5 Å². The molecule has 3 heterocycles. The Kier molecular flexibility index (Phi) is 6.63. The third-order valence-corrected chi connectivity index (χ3v) is 6.83. The third kappa shape index (κ3) is 4.56. The van der Waals surface area contributed by atoms with Gasteiger partial charge in [-0.15, -0.1) is 11.3 Å². The quantitative estimate of drug-likeness (QED) is 0.391. The van der Waals surface area contributed by atoms with E-state index in [1.54, 1.807) is 37.3 Å². The largest absolute Gasteiger partial charge is 0.369 e. The number of hydrogen-bond acceptors (Lipinski definition) is 8. The molecule has 3 rings (SSSR count). The summed E-state index contributed by atoms with van der Waals surface area (Å²) in [7, 11) is 3.28. The van der Waals surface area contributed by atoms with Gasteiger partial charge in [-0.2, -0.15) is 0 Å². The van der Waals surface area contributed by atoms with Crippen molar-refractivity contribution >= 4 is 39.1 Å². The predicted molar refractivity (Wildman–Crippen MR) is 112 cm³/mol. The Hall–Kier alpha value is -0.930. The lowest BCUT2D eigenvalue weighted by Crippen LogP contribution is -2.34. The van der Waals surface area contributed by atoms with E-state index in [2.05, 4.69) is 33.0 Å². The van der Waals surface area contributed by atoms with Gasteiger partial charge >= 0.3 is 0 Å². The maximum absolute atomic E-state index is 6.13. The van der Waals surface area contributed by atoms with Crippen LogP contribution >= 0.6 is 23.1 Å². The molecule has 0 amide bonds. The fourth-order valence-electron chi connectivity index (χ4n) is 3.11. The molecule has 1 aliphatic rings. The van der Waals surface area contributed by atoms with E-state index >= 15 is 0 Å². The second kappa shape index (κ2) is 8.61. The molecule has 0 unspecified atom stereocenters. The fraction of sp³-hybridized carbons (Fsp3) is 0.684. The SMILES string of the molecule is CC[C@@]1(C)Cc2c(sc3nc(SC(C)C)nc(NCC(OC)OC)c23)CO1. The molecule has 0 radical (unpaired) electrons. The van der Waals surface area contributed by atoms with Gasteiger partial charge in [0.2, 0.25) is 0 Å². The highest BCUT2D eigenvalue weighted by molar-refractivity contribution is 7.99. The zero-order valence-electron chi connectivity index (χ0n) is 16.9. The lowest BCUT2D eigenvalue weighted by atomic mass is 9.90. The van der Waals surface area contributed by atoms with Crippen LogP contribution in [0, 0.1) is 0 Å². The van der Waals surface area contributed by atoms with E-state index in [-0.39, 0.29) is 11.9 Å². The Morgan fingerprint density at radius 2 is 2.04 bits per heavy atom. The van der Waals surface area contributed by atoms with Crippen LogP contribution in [0.2, 0.25) is 0 Å². The number of methoxy groups -OCH3 is 2. The van der Waals surface area contributed by atoms with Crippen molar-refractivity contribution in [3.05, 3.63) is 10.4 Å². The first kappa shape index (κ1) is 20.8. The molecule has 0 aliphatic carbocycles. The van der Waals surface area contributed by atoms with E-state index in [4.69, 9.17) is 24.2 Å². The van der Waals surface area contributed by atoms with Gasteiger partial charge in [-0.25, -0.2) is 9.97 Å². The smallest absolute Gasteiger partial charge is 0.191 e. The lowest BCUT2D eigenvalue weighted by molar-refractivity contribution is -0.0914. The average Bonchev–Trinajstić information content (AvgIpc) is 2.99. The van der Waals surface area contributed by atoms with Crippen LogP contribution < -0.4 is 5.32 Å². The molecule has 1 N–H and O–H groups in total. The molecular weight excluding hydrogens is 382 g/mol. The number of anilines is 1.